The molecule has 3 aliphatic heterocycles. The summed E-state index contributed by atoms with van der Waals surface area (Å²) in [5.74, 6) is 0.921. The molecule has 1 fully saturated rings. The highest BCUT2D eigenvalue weighted by Crippen LogP contribution is 2.36. The van der Waals surface area contributed by atoms with Crippen LogP contribution in [-0.4, -0.2) is 45.8 Å². The van der Waals surface area contributed by atoms with Crippen LogP contribution in [0.25, 0.3) is 11.4 Å². The fourth-order valence-electron chi connectivity index (χ4n) is 3.94. The second kappa shape index (κ2) is 7.27. The predicted octanol–water partition coefficient (Wildman–Crippen LogP) is 2.92. The van der Waals surface area contributed by atoms with E-state index in [0.29, 0.717) is 33.6 Å². The van der Waals surface area contributed by atoms with E-state index in [1.165, 1.54) is 5.01 Å². The van der Waals surface area contributed by atoms with Crippen LogP contribution >= 0.6 is 11.6 Å². The molecule has 1 saturated heterocycles. The van der Waals surface area contributed by atoms with Gasteiger partial charge in [0.2, 0.25) is 18.5 Å². The summed E-state index contributed by atoms with van der Waals surface area (Å²) in [5.41, 5.74) is 1.92. The summed E-state index contributed by atoms with van der Waals surface area (Å²) in [6, 6.07) is 8.50. The van der Waals surface area contributed by atoms with E-state index in [0.717, 1.165) is 10.5 Å². The second-order valence-electron chi connectivity index (χ2n) is 7.72. The van der Waals surface area contributed by atoms with Crippen molar-refractivity contribution >= 4 is 29.1 Å². The Kier molecular flexibility index (Phi) is 4.34. The second-order valence-corrected chi connectivity index (χ2v) is 8.12. The number of hydrogen-bond donors (Lipinski definition) is 0. The SMILES string of the molecule is Cc1ccc(N2C(=O)[C@H]3N=NN(Cc4nc(-c5ccc6c(c5)OCO6)no4)[C@H]3C2=O)cc1Cl. The van der Waals surface area contributed by atoms with Crippen molar-refractivity contribution in [1.29, 1.82) is 0 Å². The van der Waals surface area contributed by atoms with E-state index in [-0.39, 0.29) is 19.2 Å². The summed E-state index contributed by atoms with van der Waals surface area (Å²) in [7, 11) is 0. The van der Waals surface area contributed by atoms with Gasteiger partial charge < -0.3 is 14.0 Å². The number of amides is 2. The molecule has 0 spiro atoms. The number of rotatable bonds is 4. The Morgan fingerprint density at radius 1 is 1.09 bits per heavy atom. The van der Waals surface area contributed by atoms with Crippen LogP contribution in [0.3, 0.4) is 0 Å². The van der Waals surface area contributed by atoms with Gasteiger partial charge in [-0.1, -0.05) is 28.0 Å². The van der Waals surface area contributed by atoms with Crippen molar-refractivity contribution in [2.24, 2.45) is 10.3 Å². The highest BCUT2D eigenvalue weighted by molar-refractivity contribution is 6.32. The van der Waals surface area contributed by atoms with E-state index < -0.39 is 23.9 Å². The summed E-state index contributed by atoms with van der Waals surface area (Å²) in [4.78, 5) is 31.5. The quantitative estimate of drug-likeness (QED) is 0.538. The Bertz CT molecular complexity index is 1340. The van der Waals surface area contributed by atoms with Crippen molar-refractivity contribution in [3.63, 3.8) is 0 Å². The zero-order chi connectivity index (χ0) is 22.7. The largest absolute Gasteiger partial charge is 0.454 e. The summed E-state index contributed by atoms with van der Waals surface area (Å²) in [6.45, 7) is 2.02. The van der Waals surface area contributed by atoms with Crippen molar-refractivity contribution in [3.8, 4) is 22.9 Å². The maximum atomic E-state index is 13.1. The van der Waals surface area contributed by atoms with Gasteiger partial charge in [0.1, 0.15) is 6.54 Å². The first kappa shape index (κ1) is 19.7. The molecule has 0 aliphatic carbocycles. The molecule has 0 bridgehead atoms. The van der Waals surface area contributed by atoms with Crippen LogP contribution < -0.4 is 14.4 Å². The number of imide groups is 1. The molecule has 4 heterocycles. The van der Waals surface area contributed by atoms with Gasteiger partial charge in [-0.3, -0.25) is 14.6 Å². The maximum Gasteiger partial charge on any atom is 0.263 e. The van der Waals surface area contributed by atoms with Crippen molar-refractivity contribution in [1.82, 2.24) is 15.1 Å². The number of aryl methyl sites for hydroxylation is 1. The van der Waals surface area contributed by atoms with Crippen LogP contribution in [0.2, 0.25) is 5.02 Å². The summed E-state index contributed by atoms with van der Waals surface area (Å²) in [5, 5.41) is 13.9. The van der Waals surface area contributed by atoms with Gasteiger partial charge in [0.05, 0.1) is 5.69 Å². The van der Waals surface area contributed by atoms with Gasteiger partial charge >= 0.3 is 0 Å². The molecule has 166 valence electrons. The number of ether oxygens (including phenoxy) is 2. The van der Waals surface area contributed by atoms with Gasteiger partial charge in [-0.05, 0) is 42.8 Å². The van der Waals surface area contributed by atoms with Gasteiger partial charge in [-0.2, -0.15) is 10.1 Å². The fourth-order valence-corrected chi connectivity index (χ4v) is 4.11. The van der Waals surface area contributed by atoms with Crippen LogP contribution in [0.1, 0.15) is 11.5 Å². The molecule has 0 N–H and O–H groups in total. The third-order valence-corrected chi connectivity index (χ3v) is 6.07. The van der Waals surface area contributed by atoms with E-state index >= 15 is 0 Å². The van der Waals surface area contributed by atoms with Gasteiger partial charge in [0.15, 0.2) is 23.6 Å². The lowest BCUT2D eigenvalue weighted by molar-refractivity contribution is -0.123. The number of hydrogen-bond acceptors (Lipinski definition) is 10. The number of anilines is 1. The zero-order valence-electron chi connectivity index (χ0n) is 17.1. The van der Waals surface area contributed by atoms with E-state index in [2.05, 4.69) is 20.5 Å². The molecule has 2 atom stereocenters. The third-order valence-electron chi connectivity index (χ3n) is 5.67. The number of carbonyl (C=O) groups is 2. The predicted molar refractivity (Wildman–Crippen MR) is 113 cm³/mol. The number of aromatic nitrogens is 2. The van der Waals surface area contributed by atoms with Gasteiger partial charge in [0, 0.05) is 10.6 Å². The van der Waals surface area contributed by atoms with Crippen molar-refractivity contribution in [2.75, 3.05) is 11.7 Å². The van der Waals surface area contributed by atoms with E-state index in [4.69, 9.17) is 25.6 Å². The minimum Gasteiger partial charge on any atom is -0.454 e. The fraction of sp³-hybridized carbons (Fsp3) is 0.238. The molecule has 6 rings (SSSR count). The molecule has 11 nitrogen and oxygen atoms in total. The van der Waals surface area contributed by atoms with Gasteiger partial charge in [-0.25, -0.2) is 4.90 Å². The Balaban J connectivity index is 1.22. The summed E-state index contributed by atoms with van der Waals surface area (Å²) in [6.07, 6.45) is 0. The number of carbonyl (C=O) groups excluding carboxylic acids is 2. The van der Waals surface area contributed by atoms with Crippen LogP contribution in [0, 0.1) is 6.92 Å². The normalized spacial score (nSPS) is 20.8. The molecule has 2 amide bonds. The molecule has 2 aromatic carbocycles. The number of benzene rings is 2. The minimum atomic E-state index is -0.936. The molecule has 12 heteroatoms. The number of halogens is 1. The highest BCUT2D eigenvalue weighted by atomic mass is 35.5. The molecular formula is C21H15ClN6O5. The topological polar surface area (TPSA) is 123 Å². The maximum absolute atomic E-state index is 13.1. The molecular weight excluding hydrogens is 452 g/mol. The average molecular weight is 467 g/mol. The van der Waals surface area contributed by atoms with Crippen molar-refractivity contribution in [3.05, 3.63) is 52.9 Å². The van der Waals surface area contributed by atoms with Crippen LogP contribution in [0.15, 0.2) is 51.3 Å². The van der Waals surface area contributed by atoms with Gasteiger partial charge in [0.25, 0.3) is 11.8 Å². The molecule has 1 aromatic heterocycles. The minimum absolute atomic E-state index is 0.0176. The van der Waals surface area contributed by atoms with Crippen LogP contribution in [-0.2, 0) is 16.1 Å². The van der Waals surface area contributed by atoms with E-state index in [9.17, 15) is 9.59 Å². The monoisotopic (exact) mass is 466 g/mol. The standard InChI is InChI=1S/C21H15ClN6O5/c1-10-2-4-12(7-13(10)22)28-20(29)17-18(21(28)30)27(26-24-17)8-16-23-19(25-33-16)11-3-5-14-15(6-11)32-9-31-14/h2-7,17-18H,8-9H2,1H3/t17-,18+/m0/s1. The first-order valence-electron chi connectivity index (χ1n) is 10.0. The lowest BCUT2D eigenvalue weighted by Gasteiger charge is -2.19. The molecule has 0 saturated carbocycles. The molecule has 0 radical (unpaired) electrons. The summed E-state index contributed by atoms with van der Waals surface area (Å²) >= 11 is 6.18. The lowest BCUT2D eigenvalue weighted by Crippen LogP contribution is -2.39. The lowest BCUT2D eigenvalue weighted by atomic mass is 10.1. The molecule has 33 heavy (non-hydrogen) atoms. The Morgan fingerprint density at radius 2 is 1.94 bits per heavy atom. The van der Waals surface area contributed by atoms with Gasteiger partial charge in [-0.15, -0.1) is 0 Å². The third kappa shape index (κ3) is 3.11. The average Bonchev–Trinajstić information content (AvgIpc) is 3.57. The highest BCUT2D eigenvalue weighted by Gasteiger charge is 2.55. The number of fused-ring (bicyclic) bond motifs is 2. The molecule has 3 aliphatic rings. The van der Waals surface area contributed by atoms with Crippen LogP contribution in [0.5, 0.6) is 11.5 Å². The molecule has 3 aromatic rings. The summed E-state index contributed by atoms with van der Waals surface area (Å²) < 4.78 is 16.0. The number of nitrogens with zero attached hydrogens (tertiary/aromatic N) is 6. The Labute approximate surface area is 191 Å². The van der Waals surface area contributed by atoms with E-state index in [1.807, 2.05) is 6.92 Å². The van der Waals surface area contributed by atoms with Crippen molar-refractivity contribution in [2.45, 2.75) is 25.6 Å². The Morgan fingerprint density at radius 3 is 2.79 bits per heavy atom. The smallest absolute Gasteiger partial charge is 0.263 e. The first-order valence-corrected chi connectivity index (χ1v) is 10.4. The van der Waals surface area contributed by atoms with Crippen molar-refractivity contribution < 1.29 is 23.6 Å². The Hall–Kier alpha value is -3.99. The molecule has 0 unspecified atom stereocenters. The first-order chi connectivity index (χ1) is 16.0. The van der Waals surface area contributed by atoms with E-state index in [1.54, 1.807) is 36.4 Å². The zero-order valence-corrected chi connectivity index (χ0v) is 17.9. The van der Waals surface area contributed by atoms with Crippen LogP contribution in [0.4, 0.5) is 5.69 Å².